The second-order valence-corrected chi connectivity index (χ2v) is 8.52. The number of rotatable bonds is 9. The number of amides is 2. The number of nitrogens with zero attached hydrogens (tertiary/aromatic N) is 1. The molecular weight excluding hydrogens is 414 g/mol. The van der Waals surface area contributed by atoms with Crippen molar-refractivity contribution in [1.29, 1.82) is 0 Å². The maximum atomic E-state index is 13.7. The summed E-state index contributed by atoms with van der Waals surface area (Å²) in [5, 5.41) is 11.1. The third-order valence-electron chi connectivity index (χ3n) is 6.16. The van der Waals surface area contributed by atoms with Crippen molar-refractivity contribution in [3.8, 4) is 0 Å². The van der Waals surface area contributed by atoms with Crippen molar-refractivity contribution in [1.82, 2.24) is 4.90 Å². The lowest BCUT2D eigenvalue weighted by atomic mass is 9.88. The summed E-state index contributed by atoms with van der Waals surface area (Å²) in [6, 6.07) is 28.9. The van der Waals surface area contributed by atoms with Crippen LogP contribution in [-0.2, 0) is 28.8 Å². The lowest BCUT2D eigenvalue weighted by Gasteiger charge is -2.28. The van der Waals surface area contributed by atoms with Gasteiger partial charge in [0.15, 0.2) is 0 Å². The zero-order chi connectivity index (χ0) is 23.0. The van der Waals surface area contributed by atoms with E-state index in [-0.39, 0.29) is 18.6 Å². The fraction of sp³-hybridized carbons (Fsp3) is 0.286. The van der Waals surface area contributed by atoms with Crippen molar-refractivity contribution in [3.05, 3.63) is 108 Å². The summed E-state index contributed by atoms with van der Waals surface area (Å²) in [6.45, 7) is 0.164. The van der Waals surface area contributed by atoms with Gasteiger partial charge in [0.05, 0.1) is 18.1 Å². The lowest BCUT2D eigenvalue weighted by Crippen LogP contribution is -2.47. The van der Waals surface area contributed by atoms with Crippen LogP contribution < -0.4 is 0 Å². The van der Waals surface area contributed by atoms with Gasteiger partial charge >= 0.3 is 6.09 Å². The Morgan fingerprint density at radius 2 is 1.42 bits per heavy atom. The summed E-state index contributed by atoms with van der Waals surface area (Å²) in [4.78, 5) is 27.5. The van der Waals surface area contributed by atoms with E-state index in [1.165, 1.54) is 4.90 Å². The summed E-state index contributed by atoms with van der Waals surface area (Å²) in [5.74, 6) is -1.11. The van der Waals surface area contributed by atoms with Gasteiger partial charge < -0.3 is 9.84 Å². The van der Waals surface area contributed by atoms with E-state index in [1.807, 2.05) is 91.0 Å². The topological polar surface area (TPSA) is 66.8 Å². The molecule has 3 atom stereocenters. The molecule has 0 spiro atoms. The average Bonchev–Trinajstić information content (AvgIpc) is 3.22. The number of aryl methyl sites for hydroxylation is 1. The predicted molar refractivity (Wildman–Crippen MR) is 127 cm³/mol. The Morgan fingerprint density at radius 1 is 0.879 bits per heavy atom. The first-order chi connectivity index (χ1) is 16.1. The van der Waals surface area contributed by atoms with Crippen molar-refractivity contribution in [3.63, 3.8) is 0 Å². The molecule has 0 aromatic heterocycles. The van der Waals surface area contributed by atoms with Crippen LogP contribution in [0.2, 0.25) is 0 Å². The molecular formula is C28H29NO4. The monoisotopic (exact) mass is 443 g/mol. The average molecular weight is 444 g/mol. The van der Waals surface area contributed by atoms with Crippen LogP contribution in [0.25, 0.3) is 0 Å². The number of hydrogen-bond acceptors (Lipinski definition) is 4. The highest BCUT2D eigenvalue weighted by Gasteiger charge is 2.42. The van der Waals surface area contributed by atoms with Crippen molar-refractivity contribution in [2.75, 3.05) is 6.61 Å². The molecule has 0 bridgehead atoms. The number of hydrogen-bond donors (Lipinski definition) is 1. The summed E-state index contributed by atoms with van der Waals surface area (Å²) in [7, 11) is 0. The molecule has 2 amide bonds. The molecule has 1 saturated heterocycles. The Bertz CT molecular complexity index is 1040. The number of ether oxygens (including phenoxy) is 1. The van der Waals surface area contributed by atoms with Gasteiger partial charge in [0.25, 0.3) is 0 Å². The third kappa shape index (κ3) is 5.88. The van der Waals surface area contributed by atoms with Crippen molar-refractivity contribution < 1.29 is 19.4 Å². The zero-order valence-electron chi connectivity index (χ0n) is 18.5. The summed E-state index contributed by atoms with van der Waals surface area (Å²) in [5.41, 5.74) is 3.08. The summed E-state index contributed by atoms with van der Waals surface area (Å²) < 4.78 is 5.27. The normalized spacial score (nSPS) is 17.4. The van der Waals surface area contributed by atoms with Crippen molar-refractivity contribution in [2.24, 2.45) is 5.92 Å². The van der Waals surface area contributed by atoms with Gasteiger partial charge in [0.2, 0.25) is 5.91 Å². The van der Waals surface area contributed by atoms with E-state index in [9.17, 15) is 14.7 Å². The highest BCUT2D eigenvalue weighted by atomic mass is 16.6. The Hall–Kier alpha value is -3.44. The molecule has 3 aromatic rings. The van der Waals surface area contributed by atoms with Crippen LogP contribution in [0.1, 0.15) is 23.1 Å². The molecule has 1 aliphatic rings. The third-order valence-corrected chi connectivity index (χ3v) is 6.16. The van der Waals surface area contributed by atoms with Crippen LogP contribution in [0.5, 0.6) is 0 Å². The highest BCUT2D eigenvalue weighted by molar-refractivity contribution is 5.95. The van der Waals surface area contributed by atoms with Crippen LogP contribution in [0.15, 0.2) is 91.0 Å². The Labute approximate surface area is 194 Å². The van der Waals surface area contributed by atoms with E-state index >= 15 is 0 Å². The van der Waals surface area contributed by atoms with E-state index < -0.39 is 18.1 Å². The van der Waals surface area contributed by atoms with E-state index in [4.69, 9.17) is 4.74 Å². The smallest absolute Gasteiger partial charge is 0.416 e. The standard InChI is InChI=1S/C28H29NO4/c30-26(17-16-21-10-4-1-5-11-21)25(19-23-14-8-3-9-15-23)27(31)29-24(20-33-28(29)32)18-22-12-6-2-7-13-22/h1-15,24-26,30H,16-20H2/t24-,25-,26+/m0/s1. The van der Waals surface area contributed by atoms with Gasteiger partial charge in [-0.3, -0.25) is 4.79 Å². The van der Waals surface area contributed by atoms with Crippen LogP contribution in [0, 0.1) is 5.92 Å². The number of aliphatic hydroxyl groups is 1. The molecule has 5 heteroatoms. The largest absolute Gasteiger partial charge is 0.447 e. The Balaban J connectivity index is 1.53. The van der Waals surface area contributed by atoms with Crippen molar-refractivity contribution >= 4 is 12.0 Å². The minimum atomic E-state index is -0.885. The van der Waals surface area contributed by atoms with E-state index in [0.717, 1.165) is 16.7 Å². The van der Waals surface area contributed by atoms with Gasteiger partial charge in [-0.1, -0.05) is 91.0 Å². The Kier molecular flexibility index (Phi) is 7.53. The van der Waals surface area contributed by atoms with E-state index in [2.05, 4.69) is 0 Å². The number of aliphatic hydroxyl groups excluding tert-OH is 1. The molecule has 170 valence electrons. The molecule has 1 aliphatic heterocycles. The second kappa shape index (κ2) is 10.9. The van der Waals surface area contributed by atoms with Gasteiger partial charge in [-0.05, 0) is 42.4 Å². The number of imide groups is 1. The van der Waals surface area contributed by atoms with Crippen LogP contribution >= 0.6 is 0 Å². The molecule has 3 aromatic carbocycles. The molecule has 1 heterocycles. The van der Waals surface area contributed by atoms with Gasteiger partial charge in [-0.25, -0.2) is 9.69 Å². The molecule has 4 rings (SSSR count). The molecule has 33 heavy (non-hydrogen) atoms. The first-order valence-corrected chi connectivity index (χ1v) is 11.4. The maximum absolute atomic E-state index is 13.7. The number of carbonyl (C=O) groups excluding carboxylic acids is 2. The molecule has 0 saturated carbocycles. The minimum absolute atomic E-state index is 0.164. The highest BCUT2D eigenvalue weighted by Crippen LogP contribution is 2.25. The lowest BCUT2D eigenvalue weighted by molar-refractivity contribution is -0.137. The quantitative estimate of drug-likeness (QED) is 0.531. The van der Waals surface area contributed by atoms with E-state index in [1.54, 1.807) is 0 Å². The number of benzene rings is 3. The van der Waals surface area contributed by atoms with Crippen LogP contribution in [-0.4, -0.2) is 40.8 Å². The van der Waals surface area contributed by atoms with E-state index in [0.29, 0.717) is 25.7 Å². The fourth-order valence-corrected chi connectivity index (χ4v) is 4.36. The first-order valence-electron chi connectivity index (χ1n) is 11.4. The minimum Gasteiger partial charge on any atom is -0.447 e. The summed E-state index contributed by atoms with van der Waals surface area (Å²) >= 11 is 0. The van der Waals surface area contributed by atoms with Gasteiger partial charge in [-0.2, -0.15) is 0 Å². The summed E-state index contributed by atoms with van der Waals surface area (Å²) in [6.07, 6.45) is 0.448. The van der Waals surface area contributed by atoms with Gasteiger partial charge in [0, 0.05) is 0 Å². The zero-order valence-corrected chi connectivity index (χ0v) is 18.5. The molecule has 1 N–H and O–H groups in total. The fourth-order valence-electron chi connectivity index (χ4n) is 4.36. The molecule has 0 radical (unpaired) electrons. The second-order valence-electron chi connectivity index (χ2n) is 8.52. The first kappa shape index (κ1) is 22.7. The van der Waals surface area contributed by atoms with Crippen molar-refractivity contribution in [2.45, 2.75) is 37.8 Å². The SMILES string of the molecule is O=C1OC[C@H](Cc2ccccc2)N1C(=O)[C@@H](Cc1ccccc1)[C@H](O)CCc1ccccc1. The molecule has 5 nitrogen and oxygen atoms in total. The molecule has 0 aliphatic carbocycles. The molecule has 1 fully saturated rings. The maximum Gasteiger partial charge on any atom is 0.416 e. The molecule has 0 unspecified atom stereocenters. The number of carbonyl (C=O) groups is 2. The Morgan fingerprint density at radius 3 is 2.03 bits per heavy atom. The predicted octanol–water partition coefficient (Wildman–Crippen LogP) is 4.43. The van der Waals surface area contributed by atoms with Gasteiger partial charge in [-0.15, -0.1) is 0 Å². The van der Waals surface area contributed by atoms with Crippen LogP contribution in [0.4, 0.5) is 4.79 Å². The van der Waals surface area contributed by atoms with Crippen LogP contribution in [0.3, 0.4) is 0 Å². The van der Waals surface area contributed by atoms with Gasteiger partial charge in [0.1, 0.15) is 6.61 Å². The number of cyclic esters (lactones) is 1.